The van der Waals surface area contributed by atoms with Gasteiger partial charge in [0.15, 0.2) is 11.6 Å². The van der Waals surface area contributed by atoms with Crippen molar-refractivity contribution in [2.24, 2.45) is 29.1 Å². The van der Waals surface area contributed by atoms with E-state index in [4.69, 9.17) is 10.8 Å². The van der Waals surface area contributed by atoms with Crippen LogP contribution in [-0.2, 0) is 64.3 Å². The average molecular weight is 1110 g/mol. The van der Waals surface area contributed by atoms with Gasteiger partial charge in [-0.05, 0) is 102 Å². The molecule has 4 aromatic carbocycles. The minimum atomic E-state index is -1.16. The quantitative estimate of drug-likeness (QED) is 0.0235. The average Bonchev–Trinajstić information content (AvgIpc) is 2.59. The topological polar surface area (TPSA) is 288 Å². The maximum absolute atomic E-state index is 15.2. The second kappa shape index (κ2) is 27.3. The molecule has 430 valence electrons. The van der Waals surface area contributed by atoms with Gasteiger partial charge in [-0.25, -0.2) is 0 Å². The summed E-state index contributed by atoms with van der Waals surface area (Å²) in [6.07, 6.45) is 7.43. The highest BCUT2D eigenvalue weighted by atomic mass is 16.2. The maximum atomic E-state index is 15.2. The Kier molecular flexibility index (Phi) is 19.8. The van der Waals surface area contributed by atoms with E-state index in [1.807, 2.05) is 97.2 Å². The lowest BCUT2D eigenvalue weighted by Gasteiger charge is -2.53. The zero-order chi connectivity index (χ0) is 58.5. The predicted molar refractivity (Wildman–Crippen MR) is 315 cm³/mol. The molecular weight excluding hydrogens is 1040 g/mol. The van der Waals surface area contributed by atoms with Crippen LogP contribution in [0.4, 0.5) is 0 Å². The summed E-state index contributed by atoms with van der Waals surface area (Å²) < 4.78 is 0. The Morgan fingerprint density at radius 1 is 0.573 bits per heavy atom. The number of ketones is 2. The molecule has 2 bridgehead atoms. The molecular formula is C64H76N10O8. The van der Waals surface area contributed by atoms with E-state index in [2.05, 4.69) is 67.8 Å². The molecule has 2 aliphatic carbocycles. The van der Waals surface area contributed by atoms with Gasteiger partial charge in [0.05, 0.1) is 17.8 Å². The lowest BCUT2D eigenvalue weighted by atomic mass is 9.52. The van der Waals surface area contributed by atoms with Crippen LogP contribution < -0.4 is 31.9 Å². The molecule has 6 aromatic rings. The van der Waals surface area contributed by atoms with Gasteiger partial charge in [0, 0.05) is 78.9 Å². The van der Waals surface area contributed by atoms with E-state index in [0.29, 0.717) is 31.7 Å². The van der Waals surface area contributed by atoms with Gasteiger partial charge in [-0.2, -0.15) is 0 Å². The Balaban J connectivity index is 0.972. The molecule has 0 saturated heterocycles. The molecule has 2 fully saturated rings. The smallest absolute Gasteiger partial charge is 0.243 e. The molecule has 2 aliphatic rings. The Labute approximate surface area is 477 Å². The second-order valence-electron chi connectivity index (χ2n) is 23.0. The largest absolute Gasteiger partial charge is 0.361 e. The zero-order valence-electron chi connectivity index (χ0n) is 47.1. The fourth-order valence-electron chi connectivity index (χ4n) is 12.5. The van der Waals surface area contributed by atoms with Crippen molar-refractivity contribution in [2.45, 2.75) is 135 Å². The van der Waals surface area contributed by atoms with E-state index in [1.54, 1.807) is 20.0 Å². The SMILES string of the molecule is CC1CC2CC(C(=O)N[C@@H](Cc3c[nH]c4ccccc34)C(=O)N[C@@H](CCC(=O)C=N)C(=O)NCc3ccccc3)(C1)CC(C)C2c1cccc(CNC(=O)[C@H](CCC(=O)C=N)NC(=O)[C@H](Cc2c[nH]c3ccccc23)NC(=O)C(C)C)c1. The Hall–Kier alpha value is -8.54. The van der Waals surface area contributed by atoms with Crippen LogP contribution in [0.5, 0.6) is 0 Å². The Morgan fingerprint density at radius 3 is 1.62 bits per heavy atom. The summed E-state index contributed by atoms with van der Waals surface area (Å²) in [4.78, 5) is 116. The van der Waals surface area contributed by atoms with Crippen molar-refractivity contribution in [2.75, 3.05) is 0 Å². The summed E-state index contributed by atoms with van der Waals surface area (Å²) in [5.41, 5.74) is 5.24. The molecule has 9 atom stereocenters. The van der Waals surface area contributed by atoms with Gasteiger partial charge in [0.25, 0.3) is 0 Å². The van der Waals surface area contributed by atoms with Crippen molar-refractivity contribution in [3.05, 3.63) is 143 Å². The number of benzene rings is 4. The highest BCUT2D eigenvalue weighted by Gasteiger charge is 2.53. The monoisotopic (exact) mass is 1110 g/mol. The number of aromatic amines is 2. The molecule has 8 rings (SSSR count). The fraction of sp³-hybridized carbons (Fsp3) is 0.406. The normalized spacial score (nSPS) is 19.9. The summed E-state index contributed by atoms with van der Waals surface area (Å²) in [7, 11) is 0. The molecule has 18 heteroatoms. The molecule has 10 N–H and O–H groups in total. The molecule has 2 aromatic heterocycles. The molecule has 0 spiro atoms. The van der Waals surface area contributed by atoms with Crippen LogP contribution in [0.2, 0.25) is 0 Å². The van der Waals surface area contributed by atoms with Crippen LogP contribution in [0.1, 0.15) is 113 Å². The van der Waals surface area contributed by atoms with Crippen LogP contribution in [0, 0.1) is 39.9 Å². The van der Waals surface area contributed by atoms with Crippen molar-refractivity contribution >= 4 is 81.2 Å². The summed E-state index contributed by atoms with van der Waals surface area (Å²) in [6.45, 7) is 8.06. The highest BCUT2D eigenvalue weighted by molar-refractivity contribution is 6.26. The Bertz CT molecular complexity index is 3310. The van der Waals surface area contributed by atoms with Crippen LogP contribution in [0.3, 0.4) is 0 Å². The van der Waals surface area contributed by atoms with Gasteiger partial charge in [-0.3, -0.25) is 38.4 Å². The number of hydrogen-bond acceptors (Lipinski definition) is 10. The first-order valence-corrected chi connectivity index (χ1v) is 28.5. The number of carbonyl (C=O) groups is 8. The lowest BCUT2D eigenvalue weighted by Crippen LogP contribution is -2.58. The first kappa shape index (κ1) is 59.6. The molecule has 0 aliphatic heterocycles. The fourth-order valence-corrected chi connectivity index (χ4v) is 12.5. The molecule has 82 heavy (non-hydrogen) atoms. The second-order valence-corrected chi connectivity index (χ2v) is 23.0. The summed E-state index contributed by atoms with van der Waals surface area (Å²) >= 11 is 0. The van der Waals surface area contributed by atoms with Crippen molar-refractivity contribution in [1.29, 1.82) is 10.8 Å². The maximum Gasteiger partial charge on any atom is 0.243 e. The third kappa shape index (κ3) is 14.9. The number of rotatable bonds is 27. The number of para-hydroxylation sites is 2. The number of carbonyl (C=O) groups excluding carboxylic acids is 8. The van der Waals surface area contributed by atoms with Gasteiger partial charge in [0.1, 0.15) is 24.2 Å². The zero-order valence-corrected chi connectivity index (χ0v) is 47.1. The van der Waals surface area contributed by atoms with Crippen molar-refractivity contribution in [1.82, 2.24) is 41.9 Å². The number of nitrogens with one attached hydrogen (secondary N) is 10. The lowest BCUT2D eigenvalue weighted by molar-refractivity contribution is -0.143. The van der Waals surface area contributed by atoms with E-state index in [9.17, 15) is 33.6 Å². The molecule has 2 saturated carbocycles. The van der Waals surface area contributed by atoms with Gasteiger partial charge in [-0.1, -0.05) is 119 Å². The van der Waals surface area contributed by atoms with E-state index < -0.39 is 70.7 Å². The van der Waals surface area contributed by atoms with Gasteiger partial charge >= 0.3 is 0 Å². The van der Waals surface area contributed by atoms with Crippen molar-refractivity contribution < 1.29 is 38.4 Å². The van der Waals surface area contributed by atoms with Crippen LogP contribution >= 0.6 is 0 Å². The molecule has 2 heterocycles. The molecule has 0 radical (unpaired) electrons. The van der Waals surface area contributed by atoms with Crippen LogP contribution in [-0.4, -0.2) is 93.6 Å². The number of H-pyrrole nitrogens is 2. The number of fused-ring (bicyclic) bond motifs is 4. The van der Waals surface area contributed by atoms with Gasteiger partial charge < -0.3 is 52.7 Å². The third-order valence-electron chi connectivity index (χ3n) is 16.4. The van der Waals surface area contributed by atoms with E-state index in [0.717, 1.165) is 56.0 Å². The van der Waals surface area contributed by atoms with Gasteiger partial charge in [0.2, 0.25) is 35.4 Å². The molecule has 6 amide bonds. The minimum absolute atomic E-state index is 0.0196. The Morgan fingerprint density at radius 2 is 1.07 bits per heavy atom. The van der Waals surface area contributed by atoms with E-state index >= 15 is 4.79 Å². The summed E-state index contributed by atoms with van der Waals surface area (Å²) in [6, 6.07) is 28.2. The number of Topliss-reactive ketones (excluding diaryl/α,β-unsaturated/α-hetero) is 2. The predicted octanol–water partition coefficient (Wildman–Crippen LogP) is 7.21. The summed E-state index contributed by atoms with van der Waals surface area (Å²) in [5.74, 6) is -3.84. The summed E-state index contributed by atoms with van der Waals surface area (Å²) in [5, 5.41) is 34.3. The standard InChI is InChI=1S/C64H76N10O8/c1-38(2)58(77)73-55(27-45-36-67-51-19-10-8-17-49(45)51)61(80)71-54(24-22-48(76)33-66)60(79)70-35-42-15-12-16-43(26-42)57-40(4)30-64(29-39(3)25-44(57)31-64)63(82)74-56(28-46-37-68-52-20-11-9-18-50(46)52)62(81)72-53(23-21-47(75)32-65)59(78)69-34-41-13-6-5-7-14-41/h5-20,26,32-33,36-40,44,53-57,65-68H,21-25,27-31,34-35H2,1-4H3,(H,69,78)(H,70,79)(H,71,80)(H,72,81)(H,73,77)(H,74,82)/t39?,40?,44?,53-,54-,55-,56-,57?,64?/m0/s1. The van der Waals surface area contributed by atoms with Crippen LogP contribution in [0.15, 0.2) is 116 Å². The number of hydrogen-bond donors (Lipinski definition) is 10. The first-order valence-electron chi connectivity index (χ1n) is 28.5. The molecule has 18 nitrogen and oxygen atoms in total. The van der Waals surface area contributed by atoms with E-state index in [1.165, 1.54) is 0 Å². The van der Waals surface area contributed by atoms with E-state index in [-0.39, 0.29) is 87.1 Å². The first-order chi connectivity index (χ1) is 39.4. The van der Waals surface area contributed by atoms with Crippen molar-refractivity contribution in [3.63, 3.8) is 0 Å². The van der Waals surface area contributed by atoms with Crippen LogP contribution in [0.25, 0.3) is 21.8 Å². The van der Waals surface area contributed by atoms with Gasteiger partial charge in [-0.15, -0.1) is 0 Å². The molecule has 5 unspecified atom stereocenters. The van der Waals surface area contributed by atoms with Crippen molar-refractivity contribution in [3.8, 4) is 0 Å². The minimum Gasteiger partial charge on any atom is -0.361 e. The number of amides is 6. The number of aromatic nitrogens is 2. The third-order valence-corrected chi connectivity index (χ3v) is 16.4. The highest BCUT2D eigenvalue weighted by Crippen LogP contribution is 2.58.